The Morgan fingerprint density at radius 1 is 1.33 bits per heavy atom. The summed E-state index contributed by atoms with van der Waals surface area (Å²) in [5.74, 6) is 0.220. The molecule has 1 aromatic carbocycles. The van der Waals surface area contributed by atoms with E-state index in [0.717, 1.165) is 23.8 Å². The lowest BCUT2D eigenvalue weighted by Gasteiger charge is -2.11. The van der Waals surface area contributed by atoms with E-state index in [2.05, 4.69) is 6.92 Å². The smallest absolute Gasteiger partial charge is 0.316 e. The summed E-state index contributed by atoms with van der Waals surface area (Å²) < 4.78 is 10.9. The lowest BCUT2D eigenvalue weighted by Crippen LogP contribution is -2.15. The molecule has 1 atom stereocenters. The summed E-state index contributed by atoms with van der Waals surface area (Å²) in [6.07, 6.45) is 1.67. The van der Waals surface area contributed by atoms with Gasteiger partial charge < -0.3 is 9.15 Å². The van der Waals surface area contributed by atoms with Crippen LogP contribution in [-0.2, 0) is 9.53 Å². The van der Waals surface area contributed by atoms with E-state index in [4.69, 9.17) is 9.15 Å². The summed E-state index contributed by atoms with van der Waals surface area (Å²) in [5, 5.41) is 1.03. The van der Waals surface area contributed by atoms with Gasteiger partial charge in [0.05, 0.1) is 6.61 Å². The first-order valence-corrected chi connectivity index (χ1v) is 6.41. The SMILES string of the molecule is CCCC(C(=O)OCC)c1cc2ccccc2o1. The zero-order valence-electron chi connectivity index (χ0n) is 10.8. The predicted molar refractivity (Wildman–Crippen MR) is 70.5 cm³/mol. The van der Waals surface area contributed by atoms with Crippen molar-refractivity contribution >= 4 is 16.9 Å². The Labute approximate surface area is 107 Å². The van der Waals surface area contributed by atoms with Gasteiger partial charge in [0.25, 0.3) is 0 Å². The molecule has 0 aliphatic heterocycles. The minimum absolute atomic E-state index is 0.196. The van der Waals surface area contributed by atoms with Crippen molar-refractivity contribution in [1.82, 2.24) is 0 Å². The molecule has 0 saturated carbocycles. The van der Waals surface area contributed by atoms with E-state index < -0.39 is 0 Å². The minimum atomic E-state index is -0.289. The largest absolute Gasteiger partial charge is 0.465 e. The van der Waals surface area contributed by atoms with E-state index in [-0.39, 0.29) is 11.9 Å². The molecule has 1 unspecified atom stereocenters. The summed E-state index contributed by atoms with van der Waals surface area (Å²) in [7, 11) is 0. The van der Waals surface area contributed by atoms with Crippen LogP contribution in [0.4, 0.5) is 0 Å². The number of rotatable bonds is 5. The maximum absolute atomic E-state index is 11.9. The molecule has 0 amide bonds. The van der Waals surface area contributed by atoms with Crippen LogP contribution in [0.5, 0.6) is 0 Å². The topological polar surface area (TPSA) is 39.4 Å². The van der Waals surface area contributed by atoms with Gasteiger partial charge in [0.15, 0.2) is 0 Å². The number of esters is 1. The van der Waals surface area contributed by atoms with Gasteiger partial charge in [-0.15, -0.1) is 0 Å². The fourth-order valence-corrected chi connectivity index (χ4v) is 2.08. The lowest BCUT2D eigenvalue weighted by molar-refractivity contribution is -0.145. The second-order valence-electron chi connectivity index (χ2n) is 4.28. The summed E-state index contributed by atoms with van der Waals surface area (Å²) in [6, 6.07) is 9.71. The van der Waals surface area contributed by atoms with Crippen molar-refractivity contribution in [1.29, 1.82) is 0 Å². The number of benzene rings is 1. The van der Waals surface area contributed by atoms with E-state index >= 15 is 0 Å². The van der Waals surface area contributed by atoms with Crippen LogP contribution >= 0.6 is 0 Å². The van der Waals surface area contributed by atoms with Crippen LogP contribution in [0.3, 0.4) is 0 Å². The average molecular weight is 246 g/mol. The molecular formula is C15H18O3. The minimum Gasteiger partial charge on any atom is -0.465 e. The lowest BCUT2D eigenvalue weighted by atomic mass is 10.0. The van der Waals surface area contributed by atoms with Crippen LogP contribution in [0, 0.1) is 0 Å². The molecule has 0 aliphatic carbocycles. The summed E-state index contributed by atoms with van der Waals surface area (Å²) in [4.78, 5) is 11.9. The molecule has 0 bridgehead atoms. The number of para-hydroxylation sites is 1. The Bertz CT molecular complexity index is 494. The van der Waals surface area contributed by atoms with Crippen molar-refractivity contribution < 1.29 is 13.9 Å². The first-order chi connectivity index (χ1) is 8.76. The average Bonchev–Trinajstić information content (AvgIpc) is 2.79. The van der Waals surface area contributed by atoms with E-state index in [1.807, 2.05) is 37.3 Å². The molecule has 96 valence electrons. The Kier molecular flexibility index (Phi) is 4.03. The van der Waals surface area contributed by atoms with E-state index in [9.17, 15) is 4.79 Å². The van der Waals surface area contributed by atoms with Crippen LogP contribution in [0.25, 0.3) is 11.0 Å². The molecule has 0 N–H and O–H groups in total. The quantitative estimate of drug-likeness (QED) is 0.751. The maximum Gasteiger partial charge on any atom is 0.316 e. The zero-order chi connectivity index (χ0) is 13.0. The third kappa shape index (κ3) is 2.55. The van der Waals surface area contributed by atoms with Crippen molar-refractivity contribution in [3.05, 3.63) is 36.1 Å². The normalized spacial score (nSPS) is 12.6. The number of carbonyl (C=O) groups excluding carboxylic acids is 1. The molecule has 0 aliphatic rings. The summed E-state index contributed by atoms with van der Waals surface area (Å²) >= 11 is 0. The number of ether oxygens (including phenoxy) is 1. The van der Waals surface area contributed by atoms with Crippen molar-refractivity contribution in [2.45, 2.75) is 32.6 Å². The first kappa shape index (κ1) is 12.7. The molecule has 0 saturated heterocycles. The second kappa shape index (κ2) is 5.71. The maximum atomic E-state index is 11.9. The van der Waals surface area contributed by atoms with Gasteiger partial charge in [0.1, 0.15) is 17.3 Å². The highest BCUT2D eigenvalue weighted by Gasteiger charge is 2.24. The Morgan fingerprint density at radius 3 is 2.78 bits per heavy atom. The van der Waals surface area contributed by atoms with Gasteiger partial charge in [-0.25, -0.2) is 0 Å². The molecule has 3 nitrogen and oxygen atoms in total. The third-order valence-electron chi connectivity index (χ3n) is 2.94. The number of fused-ring (bicyclic) bond motifs is 1. The fraction of sp³-hybridized carbons (Fsp3) is 0.400. The molecule has 0 fully saturated rings. The monoisotopic (exact) mass is 246 g/mol. The van der Waals surface area contributed by atoms with Gasteiger partial charge in [-0.3, -0.25) is 4.79 Å². The number of hydrogen-bond acceptors (Lipinski definition) is 3. The third-order valence-corrected chi connectivity index (χ3v) is 2.94. The van der Waals surface area contributed by atoms with Crippen molar-refractivity contribution in [3.8, 4) is 0 Å². The molecular weight excluding hydrogens is 228 g/mol. The highest BCUT2D eigenvalue weighted by atomic mass is 16.5. The van der Waals surface area contributed by atoms with Crippen LogP contribution in [0.15, 0.2) is 34.7 Å². The molecule has 1 heterocycles. The molecule has 18 heavy (non-hydrogen) atoms. The number of furan rings is 1. The second-order valence-corrected chi connectivity index (χ2v) is 4.28. The molecule has 2 rings (SSSR count). The van der Waals surface area contributed by atoms with Gasteiger partial charge in [-0.05, 0) is 25.5 Å². The molecule has 1 aromatic heterocycles. The van der Waals surface area contributed by atoms with E-state index in [1.54, 1.807) is 0 Å². The summed E-state index contributed by atoms with van der Waals surface area (Å²) in [6.45, 7) is 4.27. The predicted octanol–water partition coefficient (Wildman–Crippen LogP) is 3.88. The van der Waals surface area contributed by atoms with Gasteiger partial charge in [0.2, 0.25) is 0 Å². The van der Waals surface area contributed by atoms with Crippen LogP contribution < -0.4 is 0 Å². The van der Waals surface area contributed by atoms with Crippen LogP contribution in [0.2, 0.25) is 0 Å². The Balaban J connectivity index is 2.32. The standard InChI is InChI=1S/C15H18O3/c1-3-7-12(15(16)17-4-2)14-10-11-8-5-6-9-13(11)18-14/h5-6,8-10,12H,3-4,7H2,1-2H3. The van der Waals surface area contributed by atoms with Gasteiger partial charge in [0, 0.05) is 5.39 Å². The fourth-order valence-electron chi connectivity index (χ4n) is 2.08. The van der Waals surface area contributed by atoms with E-state index in [0.29, 0.717) is 12.4 Å². The highest BCUT2D eigenvalue weighted by Crippen LogP contribution is 2.29. The van der Waals surface area contributed by atoms with Gasteiger partial charge in [-0.2, -0.15) is 0 Å². The number of carbonyl (C=O) groups is 1. The first-order valence-electron chi connectivity index (χ1n) is 6.41. The summed E-state index contributed by atoms with van der Waals surface area (Å²) in [5.41, 5.74) is 0.818. The highest BCUT2D eigenvalue weighted by molar-refractivity contribution is 5.82. The van der Waals surface area contributed by atoms with Crippen molar-refractivity contribution in [2.75, 3.05) is 6.61 Å². The van der Waals surface area contributed by atoms with Gasteiger partial charge >= 0.3 is 5.97 Å². The Morgan fingerprint density at radius 2 is 2.11 bits per heavy atom. The Hall–Kier alpha value is -1.77. The molecule has 3 heteroatoms. The van der Waals surface area contributed by atoms with Gasteiger partial charge in [-0.1, -0.05) is 31.5 Å². The molecule has 2 aromatic rings. The van der Waals surface area contributed by atoms with Crippen LogP contribution in [0.1, 0.15) is 38.4 Å². The van der Waals surface area contributed by atoms with Crippen molar-refractivity contribution in [2.24, 2.45) is 0 Å². The molecule has 0 spiro atoms. The molecule has 0 radical (unpaired) electrons. The van der Waals surface area contributed by atoms with E-state index in [1.165, 1.54) is 0 Å². The number of hydrogen-bond donors (Lipinski definition) is 0. The van der Waals surface area contributed by atoms with Crippen molar-refractivity contribution in [3.63, 3.8) is 0 Å². The van der Waals surface area contributed by atoms with Crippen LogP contribution in [-0.4, -0.2) is 12.6 Å². The zero-order valence-corrected chi connectivity index (χ0v) is 10.8.